The van der Waals surface area contributed by atoms with Crippen molar-refractivity contribution >= 4 is 48.2 Å². The first kappa shape index (κ1) is 32.3. The lowest BCUT2D eigenvalue weighted by atomic mass is 9.99. The van der Waals surface area contributed by atoms with E-state index in [-0.39, 0.29) is 28.9 Å². The number of fused-ring (bicyclic) bond motifs is 1. The molecule has 6 atom stereocenters. The zero-order valence-corrected chi connectivity index (χ0v) is 25.6. The van der Waals surface area contributed by atoms with Crippen molar-refractivity contribution in [2.24, 2.45) is 0 Å². The maximum absolute atomic E-state index is 14.6. The van der Waals surface area contributed by atoms with Crippen molar-refractivity contribution < 1.29 is 41.8 Å². The van der Waals surface area contributed by atoms with Gasteiger partial charge in [-0.25, -0.2) is 18.3 Å². The second kappa shape index (κ2) is 12.7. The molecule has 1 aliphatic heterocycles. The lowest BCUT2D eigenvalue weighted by molar-refractivity contribution is -0.149. The molecule has 5 N–H and O–H groups in total. The van der Waals surface area contributed by atoms with Gasteiger partial charge in [-0.15, -0.1) is 11.6 Å². The Morgan fingerprint density at radius 1 is 1.27 bits per heavy atom. The molecule has 14 nitrogen and oxygen atoms in total. The number of halogens is 3. The van der Waals surface area contributed by atoms with Gasteiger partial charge in [-0.3, -0.25) is 13.9 Å². The van der Waals surface area contributed by atoms with Gasteiger partial charge in [-0.1, -0.05) is 18.2 Å². The van der Waals surface area contributed by atoms with Gasteiger partial charge in [0.05, 0.1) is 19.0 Å². The first-order chi connectivity index (χ1) is 20.8. The Labute approximate surface area is 256 Å². The Kier molecular flexibility index (Phi) is 9.31. The highest BCUT2D eigenvalue weighted by Gasteiger charge is 2.62. The van der Waals surface area contributed by atoms with E-state index in [9.17, 15) is 23.2 Å². The zero-order valence-electron chi connectivity index (χ0n) is 24.0. The molecule has 2 aliphatic rings. The third kappa shape index (κ3) is 6.75. The molecular weight excluding hydrogens is 627 g/mol. The standard InChI is InChI=1S/C26H33ClF2N7O7P/c1-13(2)41-22(38)14(3)35-44(39,43-16-7-5-4-6-8-16)40-11-17-19(37)26(27,23(28)29)24(42-17)36-12-31-18-20(32-15-9-10-15)33-25(30)34-21(18)36/h4-8,12-15,17,19,23-24,37H,9-11H2,1-3H3,(H,35,39)(H3,30,32,33,34)/t14-,17+,19+,24+,26-,44+/m0/s1. The number of nitrogens with zero attached hydrogens (tertiary/aromatic N) is 4. The summed E-state index contributed by atoms with van der Waals surface area (Å²) in [5, 5.41) is 16.7. The number of carbonyl (C=O) groups excluding carboxylic acids is 1. The molecule has 3 aromatic rings. The number of rotatable bonds is 13. The number of benzene rings is 1. The number of carbonyl (C=O) groups is 1. The minimum atomic E-state index is -4.42. The smallest absolute Gasteiger partial charge is 0.459 e. The molecule has 2 fully saturated rings. The number of nitrogen functional groups attached to an aromatic ring is 1. The molecule has 1 saturated heterocycles. The summed E-state index contributed by atoms with van der Waals surface area (Å²) < 4.78 is 66.3. The number of hydrogen-bond acceptors (Lipinski definition) is 12. The third-order valence-corrected chi connectivity index (χ3v) is 9.09. The van der Waals surface area contributed by atoms with Crippen LogP contribution in [-0.4, -0.2) is 78.9 Å². The summed E-state index contributed by atoms with van der Waals surface area (Å²) in [4.78, 5) is 22.3. The number of aliphatic hydroxyl groups excluding tert-OH is 1. The Morgan fingerprint density at radius 3 is 2.61 bits per heavy atom. The Balaban J connectivity index is 1.41. The normalized spacial score (nSPS) is 25.7. The maximum Gasteiger partial charge on any atom is 0.459 e. The first-order valence-electron chi connectivity index (χ1n) is 13.9. The average molecular weight is 660 g/mol. The molecule has 1 saturated carbocycles. The molecule has 240 valence electrons. The number of nitrogens with two attached hydrogens (primary N) is 1. The molecule has 0 unspecified atom stereocenters. The van der Waals surface area contributed by atoms with Gasteiger partial charge in [0.15, 0.2) is 28.1 Å². The number of alkyl halides is 3. The number of para-hydroxylation sites is 1. The van der Waals surface area contributed by atoms with E-state index in [0.29, 0.717) is 5.82 Å². The zero-order chi connectivity index (χ0) is 31.8. The van der Waals surface area contributed by atoms with E-state index in [1.165, 1.54) is 25.4 Å². The van der Waals surface area contributed by atoms with Crippen LogP contribution in [0.3, 0.4) is 0 Å². The van der Waals surface area contributed by atoms with E-state index >= 15 is 0 Å². The lowest BCUT2D eigenvalue weighted by Crippen LogP contribution is -2.48. The van der Waals surface area contributed by atoms with Crippen molar-refractivity contribution in [3.8, 4) is 5.75 Å². The Hall–Kier alpha value is -3.14. The van der Waals surface area contributed by atoms with Crippen molar-refractivity contribution in [3.63, 3.8) is 0 Å². The van der Waals surface area contributed by atoms with Crippen molar-refractivity contribution in [1.29, 1.82) is 0 Å². The molecule has 3 heterocycles. The highest BCUT2D eigenvalue weighted by Crippen LogP contribution is 2.51. The molecule has 1 aliphatic carbocycles. The van der Waals surface area contributed by atoms with Gasteiger partial charge in [-0.2, -0.15) is 15.1 Å². The number of aromatic nitrogens is 4. The minimum absolute atomic E-state index is 0.0438. The summed E-state index contributed by atoms with van der Waals surface area (Å²) in [5.74, 6) is -0.442. The highest BCUT2D eigenvalue weighted by molar-refractivity contribution is 7.52. The van der Waals surface area contributed by atoms with Crippen LogP contribution >= 0.6 is 19.3 Å². The molecule has 0 spiro atoms. The fraction of sp³-hybridized carbons (Fsp3) is 0.538. The van der Waals surface area contributed by atoms with Crippen LogP contribution in [0, 0.1) is 0 Å². The molecule has 1 aromatic carbocycles. The summed E-state index contributed by atoms with van der Waals surface area (Å²) in [6.45, 7) is 3.94. The van der Waals surface area contributed by atoms with Gasteiger partial charge in [0.2, 0.25) is 5.95 Å². The molecule has 44 heavy (non-hydrogen) atoms. The van der Waals surface area contributed by atoms with Gasteiger partial charge in [0, 0.05) is 6.04 Å². The van der Waals surface area contributed by atoms with Crippen LogP contribution in [0.25, 0.3) is 11.2 Å². The Morgan fingerprint density at radius 2 is 1.98 bits per heavy atom. The number of hydrogen-bond donors (Lipinski definition) is 4. The van der Waals surface area contributed by atoms with Crippen LogP contribution in [-0.2, 0) is 23.4 Å². The number of anilines is 2. The van der Waals surface area contributed by atoms with E-state index in [0.717, 1.165) is 17.4 Å². The second-order valence-corrected chi connectivity index (χ2v) is 13.2. The minimum Gasteiger partial charge on any atom is -0.462 e. The molecule has 2 aromatic heterocycles. The van der Waals surface area contributed by atoms with Crippen molar-refractivity contribution in [2.75, 3.05) is 17.7 Å². The van der Waals surface area contributed by atoms with Gasteiger partial charge >= 0.3 is 13.7 Å². The molecular formula is C26H33ClF2N7O7P. The van der Waals surface area contributed by atoms with Gasteiger partial charge in [0.1, 0.15) is 24.0 Å². The van der Waals surface area contributed by atoms with Crippen molar-refractivity contribution in [2.45, 2.75) is 81.5 Å². The summed E-state index contributed by atoms with van der Waals surface area (Å²) in [5.41, 5.74) is 6.18. The van der Waals surface area contributed by atoms with Gasteiger partial charge in [0.25, 0.3) is 6.43 Å². The summed E-state index contributed by atoms with van der Waals surface area (Å²) >= 11 is 6.44. The number of nitrogens with one attached hydrogen (secondary N) is 2. The number of aliphatic hydroxyl groups is 1. The largest absolute Gasteiger partial charge is 0.462 e. The SMILES string of the molecule is CC(C)OC(=O)[C@H](C)N[P@@](=O)(OC[C@H]1O[C@@H](n2cnc3c(NC4CC4)nc(N)nc32)[C@@](Cl)(C(F)F)[C@@H]1O)Oc1ccccc1. The first-order valence-corrected chi connectivity index (χ1v) is 15.8. The summed E-state index contributed by atoms with van der Waals surface area (Å²) in [7, 11) is -4.42. The van der Waals surface area contributed by atoms with Gasteiger partial charge < -0.3 is 30.2 Å². The van der Waals surface area contributed by atoms with E-state index < -0.39 is 62.2 Å². The number of ether oxygens (including phenoxy) is 2. The number of esters is 1. The fourth-order valence-electron chi connectivity index (χ4n) is 4.55. The van der Waals surface area contributed by atoms with Crippen LogP contribution in [0.5, 0.6) is 5.75 Å². The number of imidazole rings is 1. The highest BCUT2D eigenvalue weighted by atomic mass is 35.5. The lowest BCUT2D eigenvalue weighted by Gasteiger charge is -2.29. The van der Waals surface area contributed by atoms with E-state index in [4.69, 9.17) is 35.9 Å². The molecule has 0 amide bonds. The van der Waals surface area contributed by atoms with Crippen LogP contribution in [0.2, 0.25) is 0 Å². The molecule has 18 heteroatoms. The maximum atomic E-state index is 14.6. The Bertz CT molecular complexity index is 1530. The van der Waals surface area contributed by atoms with E-state index in [2.05, 4.69) is 25.4 Å². The van der Waals surface area contributed by atoms with E-state index in [1.54, 1.807) is 32.0 Å². The second-order valence-electron chi connectivity index (χ2n) is 10.8. The van der Waals surface area contributed by atoms with Crippen LogP contribution < -0.4 is 20.7 Å². The molecule has 0 radical (unpaired) electrons. The fourth-order valence-corrected chi connectivity index (χ4v) is 6.35. The molecule has 5 rings (SSSR count). The van der Waals surface area contributed by atoms with Crippen LogP contribution in [0.4, 0.5) is 20.5 Å². The topological polar surface area (TPSA) is 185 Å². The van der Waals surface area contributed by atoms with Crippen molar-refractivity contribution in [1.82, 2.24) is 24.6 Å². The monoisotopic (exact) mass is 659 g/mol. The third-order valence-electron chi connectivity index (χ3n) is 6.87. The average Bonchev–Trinajstić information content (AvgIpc) is 3.61. The van der Waals surface area contributed by atoms with Crippen LogP contribution in [0.15, 0.2) is 36.7 Å². The van der Waals surface area contributed by atoms with Crippen LogP contribution in [0.1, 0.15) is 39.8 Å². The summed E-state index contributed by atoms with van der Waals surface area (Å²) in [6, 6.07) is 6.94. The predicted molar refractivity (Wildman–Crippen MR) is 155 cm³/mol. The predicted octanol–water partition coefficient (Wildman–Crippen LogP) is 3.62. The van der Waals surface area contributed by atoms with Gasteiger partial charge in [-0.05, 0) is 45.7 Å². The molecule has 0 bridgehead atoms. The van der Waals surface area contributed by atoms with E-state index in [1.807, 2.05) is 0 Å². The summed E-state index contributed by atoms with van der Waals surface area (Å²) in [6.07, 6.45) is -6.03. The quantitative estimate of drug-likeness (QED) is 0.119. The van der Waals surface area contributed by atoms with Crippen molar-refractivity contribution in [3.05, 3.63) is 36.7 Å².